The van der Waals surface area contributed by atoms with E-state index < -0.39 is 34.3 Å². The van der Waals surface area contributed by atoms with Crippen LogP contribution in [0.1, 0.15) is 38.3 Å². The van der Waals surface area contributed by atoms with Crippen LogP contribution in [0.2, 0.25) is 0 Å². The first kappa shape index (κ1) is 30.6. The van der Waals surface area contributed by atoms with Gasteiger partial charge in [0.05, 0.1) is 17.7 Å². The maximum atomic E-state index is 15.0. The van der Waals surface area contributed by atoms with Crippen molar-refractivity contribution in [1.29, 1.82) is 0 Å². The van der Waals surface area contributed by atoms with E-state index in [-0.39, 0.29) is 35.5 Å². The number of sulfonamides is 1. The van der Waals surface area contributed by atoms with Gasteiger partial charge in [0.15, 0.2) is 0 Å². The molecule has 1 atom stereocenters. The van der Waals surface area contributed by atoms with Gasteiger partial charge in [-0.2, -0.15) is 0 Å². The van der Waals surface area contributed by atoms with Crippen LogP contribution in [0.15, 0.2) is 77.7 Å². The van der Waals surface area contributed by atoms with Gasteiger partial charge in [-0.25, -0.2) is 12.8 Å². The van der Waals surface area contributed by atoms with Gasteiger partial charge in [-0.05, 0) is 69.2 Å². The largest absolute Gasteiger partial charge is 0.497 e. The van der Waals surface area contributed by atoms with Gasteiger partial charge >= 0.3 is 0 Å². The van der Waals surface area contributed by atoms with E-state index in [9.17, 15) is 18.0 Å². The number of carbonyl (C=O) groups excluding carboxylic acids is 2. The molecule has 0 fully saturated rings. The van der Waals surface area contributed by atoms with Crippen LogP contribution in [-0.4, -0.2) is 50.9 Å². The summed E-state index contributed by atoms with van der Waals surface area (Å²) >= 11 is 0. The van der Waals surface area contributed by atoms with Gasteiger partial charge in [0.1, 0.15) is 24.2 Å². The Balaban J connectivity index is 2.07. The predicted octanol–water partition coefficient (Wildman–Crippen LogP) is 4.67. The molecule has 10 heteroatoms. The second-order valence-corrected chi connectivity index (χ2v) is 11.6. The summed E-state index contributed by atoms with van der Waals surface area (Å²) in [7, 11) is -2.81. The van der Waals surface area contributed by atoms with Crippen molar-refractivity contribution in [2.24, 2.45) is 0 Å². The standard InChI is InChI=1S/C30H36FN3O5S/c1-6-27(30(36)32-21(2)3)33(19-23-13-15-24(39-5)16-14-23)29(35)20-34(28-10-8-7-9-26(28)31)40(37,38)25-17-11-22(4)12-18-25/h7-18,21,27H,6,19-20H2,1-5H3,(H,32,36). The van der Waals surface area contributed by atoms with E-state index in [1.54, 1.807) is 50.4 Å². The molecule has 214 valence electrons. The summed E-state index contributed by atoms with van der Waals surface area (Å²) in [6.07, 6.45) is 0.283. The molecule has 0 aliphatic carbocycles. The number of carbonyl (C=O) groups is 2. The molecule has 0 bridgehead atoms. The number of para-hydroxylation sites is 1. The summed E-state index contributed by atoms with van der Waals surface area (Å²) in [5, 5.41) is 2.84. The third kappa shape index (κ3) is 7.38. The highest BCUT2D eigenvalue weighted by Gasteiger charge is 2.34. The number of nitrogens with zero attached hydrogens (tertiary/aromatic N) is 2. The molecule has 1 N–H and O–H groups in total. The minimum atomic E-state index is -4.35. The molecule has 0 spiro atoms. The smallest absolute Gasteiger partial charge is 0.264 e. The van der Waals surface area contributed by atoms with Crippen molar-refractivity contribution < 1.29 is 27.1 Å². The number of hydrogen-bond acceptors (Lipinski definition) is 5. The number of amides is 2. The number of rotatable bonds is 12. The van der Waals surface area contributed by atoms with Gasteiger partial charge in [-0.1, -0.05) is 48.9 Å². The number of hydrogen-bond donors (Lipinski definition) is 1. The van der Waals surface area contributed by atoms with E-state index in [0.717, 1.165) is 15.9 Å². The first-order chi connectivity index (χ1) is 19.0. The Bertz CT molecular complexity index is 1410. The molecule has 1 unspecified atom stereocenters. The average molecular weight is 570 g/mol. The Morgan fingerprint density at radius 1 is 0.975 bits per heavy atom. The van der Waals surface area contributed by atoms with Crippen LogP contribution in [0.5, 0.6) is 5.75 Å². The summed E-state index contributed by atoms with van der Waals surface area (Å²) in [6, 6.07) is 17.4. The van der Waals surface area contributed by atoms with Crippen molar-refractivity contribution in [3.05, 3.63) is 89.7 Å². The summed E-state index contributed by atoms with van der Waals surface area (Å²) in [5.41, 5.74) is 1.30. The lowest BCUT2D eigenvalue weighted by Gasteiger charge is -2.33. The number of benzene rings is 3. The molecule has 0 saturated heterocycles. The van der Waals surface area contributed by atoms with Crippen LogP contribution >= 0.6 is 0 Å². The molecule has 2 amide bonds. The fourth-order valence-electron chi connectivity index (χ4n) is 4.23. The van der Waals surface area contributed by atoms with E-state index >= 15 is 4.39 Å². The second kappa shape index (κ2) is 13.4. The summed E-state index contributed by atoms with van der Waals surface area (Å²) in [5.74, 6) is -1.18. The van der Waals surface area contributed by atoms with E-state index in [2.05, 4.69) is 5.32 Å². The summed E-state index contributed by atoms with van der Waals surface area (Å²) < 4.78 is 48.6. The Kier molecular flexibility index (Phi) is 10.3. The lowest BCUT2D eigenvalue weighted by Crippen LogP contribution is -2.53. The van der Waals surface area contributed by atoms with Gasteiger partial charge < -0.3 is 15.0 Å². The highest BCUT2D eigenvalue weighted by molar-refractivity contribution is 7.92. The lowest BCUT2D eigenvalue weighted by atomic mass is 10.1. The quantitative estimate of drug-likeness (QED) is 0.342. The molecule has 0 aromatic heterocycles. The van der Waals surface area contributed by atoms with Crippen molar-refractivity contribution in [1.82, 2.24) is 10.2 Å². The maximum Gasteiger partial charge on any atom is 0.264 e. The van der Waals surface area contributed by atoms with Gasteiger partial charge in [0.2, 0.25) is 11.8 Å². The molecule has 8 nitrogen and oxygen atoms in total. The molecule has 0 heterocycles. The third-order valence-corrected chi connectivity index (χ3v) is 8.11. The molecule has 3 aromatic carbocycles. The van der Waals surface area contributed by atoms with Crippen molar-refractivity contribution in [3.8, 4) is 5.75 Å². The average Bonchev–Trinajstić information content (AvgIpc) is 2.92. The Labute approximate surface area is 235 Å². The molecule has 0 radical (unpaired) electrons. The number of ether oxygens (including phenoxy) is 1. The predicted molar refractivity (Wildman–Crippen MR) is 153 cm³/mol. The van der Waals surface area contributed by atoms with Crippen molar-refractivity contribution >= 4 is 27.5 Å². The molecule has 3 rings (SSSR count). The Hall–Kier alpha value is -3.92. The summed E-state index contributed by atoms with van der Waals surface area (Å²) in [6.45, 7) is 6.54. The Morgan fingerprint density at radius 2 is 1.60 bits per heavy atom. The first-order valence-corrected chi connectivity index (χ1v) is 14.5. The van der Waals surface area contributed by atoms with Gasteiger partial charge in [0, 0.05) is 12.6 Å². The molecule has 40 heavy (non-hydrogen) atoms. The third-order valence-electron chi connectivity index (χ3n) is 6.34. The van der Waals surface area contributed by atoms with E-state index in [0.29, 0.717) is 11.3 Å². The van der Waals surface area contributed by atoms with Crippen molar-refractivity contribution in [3.63, 3.8) is 0 Å². The number of anilines is 1. The van der Waals surface area contributed by atoms with E-state index in [1.165, 1.54) is 35.2 Å². The monoisotopic (exact) mass is 569 g/mol. The zero-order valence-corrected chi connectivity index (χ0v) is 24.2. The fraction of sp³-hybridized carbons (Fsp3) is 0.333. The minimum absolute atomic E-state index is 0.0303. The van der Waals surface area contributed by atoms with Crippen LogP contribution in [0, 0.1) is 12.7 Å². The molecule has 0 aliphatic heterocycles. The van der Waals surface area contributed by atoms with Crippen LogP contribution in [0.4, 0.5) is 10.1 Å². The zero-order valence-electron chi connectivity index (χ0n) is 23.4. The number of aryl methyl sites for hydroxylation is 1. The molecular weight excluding hydrogens is 533 g/mol. The topological polar surface area (TPSA) is 96.0 Å². The highest BCUT2D eigenvalue weighted by atomic mass is 32.2. The Morgan fingerprint density at radius 3 is 2.15 bits per heavy atom. The number of halogens is 1. The lowest BCUT2D eigenvalue weighted by molar-refractivity contribution is -0.140. The van der Waals surface area contributed by atoms with Gasteiger partial charge in [0.25, 0.3) is 10.0 Å². The SMILES string of the molecule is CCC(C(=O)NC(C)C)N(Cc1ccc(OC)cc1)C(=O)CN(c1ccccc1F)S(=O)(=O)c1ccc(C)cc1. The molecule has 0 saturated carbocycles. The molecule has 3 aromatic rings. The fourth-order valence-corrected chi connectivity index (χ4v) is 5.65. The van der Waals surface area contributed by atoms with Crippen LogP contribution in [0.25, 0.3) is 0 Å². The van der Waals surface area contributed by atoms with Crippen molar-refractivity contribution in [2.75, 3.05) is 18.0 Å². The first-order valence-electron chi connectivity index (χ1n) is 13.0. The van der Waals surface area contributed by atoms with E-state index in [4.69, 9.17) is 4.74 Å². The normalized spacial score (nSPS) is 12.1. The maximum absolute atomic E-state index is 15.0. The van der Waals surface area contributed by atoms with Crippen LogP contribution in [0.3, 0.4) is 0 Å². The van der Waals surface area contributed by atoms with Gasteiger partial charge in [-0.3, -0.25) is 13.9 Å². The summed E-state index contributed by atoms with van der Waals surface area (Å²) in [4.78, 5) is 28.4. The second-order valence-electron chi connectivity index (χ2n) is 9.73. The van der Waals surface area contributed by atoms with Crippen molar-refractivity contribution in [2.45, 2.75) is 57.6 Å². The minimum Gasteiger partial charge on any atom is -0.497 e. The number of nitrogens with one attached hydrogen (secondary N) is 1. The molecule has 0 aliphatic rings. The number of methoxy groups -OCH3 is 1. The van der Waals surface area contributed by atoms with E-state index in [1.807, 2.05) is 20.8 Å². The highest BCUT2D eigenvalue weighted by Crippen LogP contribution is 2.27. The zero-order chi connectivity index (χ0) is 29.4. The van der Waals surface area contributed by atoms with Crippen LogP contribution in [-0.2, 0) is 26.2 Å². The molecular formula is C30H36FN3O5S. The van der Waals surface area contributed by atoms with Gasteiger partial charge in [-0.15, -0.1) is 0 Å². The van der Waals surface area contributed by atoms with Crippen LogP contribution < -0.4 is 14.4 Å².